The average Bonchev–Trinajstić information content (AvgIpc) is 3.80. The maximum Gasteiger partial charge on any atom is 0.307 e. The predicted octanol–water partition coefficient (Wildman–Crippen LogP) is 7.63. The summed E-state index contributed by atoms with van der Waals surface area (Å²) in [4.78, 5) is 18.4. The van der Waals surface area contributed by atoms with Gasteiger partial charge < -0.3 is 26.0 Å². The quantitative estimate of drug-likeness (QED) is 0.225. The molecule has 0 amide bonds. The van der Waals surface area contributed by atoms with Crippen molar-refractivity contribution >= 4 is 11.9 Å². The van der Waals surface area contributed by atoms with E-state index in [2.05, 4.69) is 80.0 Å². The number of fused-ring (bicyclic) bond motifs is 3. The van der Waals surface area contributed by atoms with Crippen LogP contribution in [0.3, 0.4) is 0 Å². The van der Waals surface area contributed by atoms with Crippen LogP contribution in [-0.4, -0.2) is 57.3 Å². The number of carboxylic acid groups (broad SMARTS) is 1. The van der Waals surface area contributed by atoms with Crippen LogP contribution in [0.4, 0.5) is 5.95 Å². The first-order valence-corrected chi connectivity index (χ1v) is 19.9. The monoisotopic (exact) mass is 694 g/mol. The molecule has 50 heavy (non-hydrogen) atoms. The van der Waals surface area contributed by atoms with E-state index in [1.165, 1.54) is 5.57 Å². The number of rotatable bonds is 9. The minimum atomic E-state index is -0.628. The van der Waals surface area contributed by atoms with Crippen LogP contribution in [0.1, 0.15) is 138 Å². The Morgan fingerprint density at radius 2 is 1.78 bits per heavy atom. The largest absolute Gasteiger partial charge is 0.481 e. The lowest BCUT2D eigenvalue weighted by molar-refractivity contribution is -0.254. The van der Waals surface area contributed by atoms with E-state index in [0.29, 0.717) is 49.4 Å². The summed E-state index contributed by atoms with van der Waals surface area (Å²) in [5.41, 5.74) is 13.0. The second kappa shape index (κ2) is 11.8. The third kappa shape index (κ3) is 4.97. The van der Waals surface area contributed by atoms with E-state index in [-0.39, 0.29) is 51.1 Å². The van der Waals surface area contributed by atoms with Gasteiger partial charge in [-0.25, -0.2) is 4.68 Å². The van der Waals surface area contributed by atoms with Gasteiger partial charge in [-0.2, -0.15) is 4.98 Å². The zero-order chi connectivity index (χ0) is 36.4. The molecule has 1 saturated heterocycles. The number of nitrogens with two attached hydrogens (primary N) is 2. The van der Waals surface area contributed by atoms with Gasteiger partial charge in [-0.3, -0.25) is 4.79 Å². The van der Waals surface area contributed by atoms with E-state index in [4.69, 9.17) is 31.0 Å². The first-order valence-electron chi connectivity index (χ1n) is 19.9. The van der Waals surface area contributed by atoms with Gasteiger partial charge in [0.1, 0.15) is 5.82 Å². The SMILES string of the molecule is CC(C)[C@@H](C)[C@@]1(C)CC[C@]2(C)[C@H]3CC[C@@H]4[C@@]5(C)COC[C@@]4(C3=CC[C@@]2(C)[C@@H]1C(=O)O)[C@@H](OC[C@](C)(N)C(C)C)[C@H](n1nc(N)nc1C1CC1)C5. The maximum atomic E-state index is 13.6. The van der Waals surface area contributed by atoms with Crippen molar-refractivity contribution in [2.24, 2.45) is 68.3 Å². The average molecular weight is 694 g/mol. The van der Waals surface area contributed by atoms with E-state index in [9.17, 15) is 9.90 Å². The van der Waals surface area contributed by atoms with Crippen molar-refractivity contribution in [1.82, 2.24) is 14.8 Å². The first-order chi connectivity index (χ1) is 23.3. The number of allylic oxidation sites excluding steroid dienone is 1. The van der Waals surface area contributed by atoms with Gasteiger partial charge in [0, 0.05) is 16.9 Å². The number of ether oxygens (including phenoxy) is 2. The van der Waals surface area contributed by atoms with Crippen molar-refractivity contribution in [2.45, 2.75) is 144 Å². The Labute approximate surface area is 301 Å². The van der Waals surface area contributed by atoms with E-state index >= 15 is 0 Å². The van der Waals surface area contributed by atoms with Gasteiger partial charge in [0.25, 0.3) is 0 Å². The van der Waals surface area contributed by atoms with E-state index in [1.807, 2.05) is 0 Å². The number of hydrogen-bond acceptors (Lipinski definition) is 7. The summed E-state index contributed by atoms with van der Waals surface area (Å²) in [5, 5.41) is 16.1. The maximum absolute atomic E-state index is 13.6. The second-order valence-corrected chi connectivity index (χ2v) is 20.1. The zero-order valence-corrected chi connectivity index (χ0v) is 32.7. The van der Waals surface area contributed by atoms with Crippen LogP contribution in [0.15, 0.2) is 11.6 Å². The lowest BCUT2D eigenvalue weighted by Gasteiger charge is -2.71. The number of nitrogens with zero attached hydrogens (tertiary/aromatic N) is 3. The molecule has 5 fully saturated rings. The molecule has 7 rings (SSSR count). The van der Waals surface area contributed by atoms with Crippen molar-refractivity contribution in [3.05, 3.63) is 17.5 Å². The Hall–Kier alpha value is -1.97. The highest BCUT2D eigenvalue weighted by Gasteiger charge is 2.73. The third-order valence-corrected chi connectivity index (χ3v) is 16.8. The molecule has 5 aliphatic carbocycles. The Bertz CT molecular complexity index is 1530. The highest BCUT2D eigenvalue weighted by Crippen LogP contribution is 2.75. The van der Waals surface area contributed by atoms with Crippen molar-refractivity contribution < 1.29 is 19.4 Å². The number of carbonyl (C=O) groups is 1. The van der Waals surface area contributed by atoms with E-state index in [1.54, 1.807) is 0 Å². The molecule has 4 saturated carbocycles. The van der Waals surface area contributed by atoms with Gasteiger partial charge in [-0.15, -0.1) is 5.10 Å². The fraction of sp³-hybridized carbons (Fsp3) is 0.878. The molecule has 1 aromatic heterocycles. The summed E-state index contributed by atoms with van der Waals surface area (Å²) >= 11 is 0. The van der Waals surface area contributed by atoms with Gasteiger partial charge in [-0.1, -0.05) is 74.0 Å². The Kier molecular flexibility index (Phi) is 8.56. The normalized spacial score (nSPS) is 44.5. The standard InChI is InChI=1S/C41H67N5O4/c1-23(2)25(5)37(7)17-18-38(8)27-13-14-30-36(6)19-29(46-33(26-11-12-26)44-35(42)45-46)32(50-21-40(10,43)24(3)4)41(30,22-49-20-36)28(27)15-16-39(38,9)31(37)34(47)48/h15,23-27,29-32H,11-14,16-22,43H2,1-10H3,(H2,42,45)(H,47,48)/t25-,27+,29-,30-,31-,32+,36-,37-,38-,39+,40+,41+/m1/s1. The van der Waals surface area contributed by atoms with Crippen molar-refractivity contribution in [1.29, 1.82) is 0 Å². The van der Waals surface area contributed by atoms with Crippen LogP contribution in [0.5, 0.6) is 0 Å². The number of aromatic nitrogens is 3. The number of nitrogen functional groups attached to an aromatic ring is 1. The molecule has 1 aromatic rings. The molecule has 0 unspecified atom stereocenters. The summed E-state index contributed by atoms with van der Waals surface area (Å²) in [7, 11) is 0. The van der Waals surface area contributed by atoms with Gasteiger partial charge in [-0.05, 0) is 110 Å². The molecule has 0 aromatic carbocycles. The molecule has 6 aliphatic rings. The predicted molar refractivity (Wildman–Crippen MR) is 196 cm³/mol. The van der Waals surface area contributed by atoms with Crippen LogP contribution >= 0.6 is 0 Å². The fourth-order valence-corrected chi connectivity index (χ4v) is 12.7. The molecular weight excluding hydrogens is 626 g/mol. The number of aliphatic carboxylic acids is 1. The van der Waals surface area contributed by atoms with E-state index < -0.39 is 17.4 Å². The van der Waals surface area contributed by atoms with Crippen LogP contribution < -0.4 is 11.5 Å². The Morgan fingerprint density at radius 1 is 1.08 bits per heavy atom. The summed E-state index contributed by atoms with van der Waals surface area (Å²) in [5.74, 6) is 2.24. The van der Waals surface area contributed by atoms with Crippen molar-refractivity contribution in [3.8, 4) is 0 Å². The van der Waals surface area contributed by atoms with Crippen LogP contribution in [-0.2, 0) is 14.3 Å². The summed E-state index contributed by atoms with van der Waals surface area (Å²) in [6.45, 7) is 24.5. The molecule has 280 valence electrons. The molecule has 9 heteroatoms. The van der Waals surface area contributed by atoms with Crippen molar-refractivity contribution in [2.75, 3.05) is 25.6 Å². The second-order valence-electron chi connectivity index (χ2n) is 20.1. The Morgan fingerprint density at radius 3 is 2.40 bits per heavy atom. The minimum absolute atomic E-state index is 0.0578. The number of hydrogen-bond donors (Lipinski definition) is 3. The van der Waals surface area contributed by atoms with E-state index in [0.717, 1.165) is 57.2 Å². The van der Waals surface area contributed by atoms with Crippen LogP contribution in [0.2, 0.25) is 0 Å². The number of anilines is 1. The molecule has 0 spiro atoms. The topological polar surface area (TPSA) is 139 Å². The molecule has 5 N–H and O–H groups in total. The number of carboxylic acids is 1. The summed E-state index contributed by atoms with van der Waals surface area (Å²) in [6, 6.07) is -0.0578. The Balaban J connectivity index is 1.39. The smallest absolute Gasteiger partial charge is 0.307 e. The van der Waals surface area contributed by atoms with Gasteiger partial charge >= 0.3 is 5.97 Å². The highest BCUT2D eigenvalue weighted by atomic mass is 16.5. The molecule has 12 atom stereocenters. The third-order valence-electron chi connectivity index (χ3n) is 16.8. The van der Waals surface area contributed by atoms with Gasteiger partial charge in [0.05, 0.1) is 37.9 Å². The van der Waals surface area contributed by atoms with Gasteiger partial charge in [0.2, 0.25) is 5.95 Å². The zero-order valence-electron chi connectivity index (χ0n) is 32.7. The van der Waals surface area contributed by atoms with Crippen LogP contribution in [0, 0.1) is 62.6 Å². The summed E-state index contributed by atoms with van der Waals surface area (Å²) in [6.07, 6.45) is 10.2. The molecule has 9 nitrogen and oxygen atoms in total. The fourth-order valence-electron chi connectivity index (χ4n) is 12.7. The molecular formula is C41H67N5O4. The lowest BCUT2D eigenvalue weighted by atomic mass is 9.34. The van der Waals surface area contributed by atoms with Gasteiger partial charge in [0.15, 0.2) is 0 Å². The highest BCUT2D eigenvalue weighted by molar-refractivity contribution is 5.73. The lowest BCUT2D eigenvalue weighted by Crippen LogP contribution is -2.70. The van der Waals surface area contributed by atoms with Crippen LogP contribution in [0.25, 0.3) is 0 Å². The summed E-state index contributed by atoms with van der Waals surface area (Å²) < 4.78 is 16.3. The minimum Gasteiger partial charge on any atom is -0.481 e. The molecule has 0 radical (unpaired) electrons. The molecule has 2 heterocycles. The van der Waals surface area contributed by atoms with Crippen molar-refractivity contribution in [3.63, 3.8) is 0 Å². The molecule has 2 bridgehead atoms. The first kappa shape index (κ1) is 36.4. The molecule has 1 aliphatic heterocycles.